The van der Waals surface area contributed by atoms with Gasteiger partial charge in [0.15, 0.2) is 0 Å². The van der Waals surface area contributed by atoms with Crippen LogP contribution in [0, 0.1) is 27.3 Å². The molecule has 0 amide bonds. The van der Waals surface area contributed by atoms with Gasteiger partial charge in [0.05, 0.1) is 11.0 Å². The Morgan fingerprint density at radius 2 is 2.20 bits per heavy atom. The molecule has 0 spiro atoms. The van der Waals surface area contributed by atoms with E-state index in [4.69, 9.17) is 5.26 Å². The highest BCUT2D eigenvalue weighted by atomic mass is 32.2. The van der Waals surface area contributed by atoms with Crippen molar-refractivity contribution in [2.45, 2.75) is 30.7 Å². The number of nitriles is 1. The summed E-state index contributed by atoms with van der Waals surface area (Å²) in [5.41, 5.74) is -0.546. The predicted molar refractivity (Wildman–Crippen MR) is 67.7 cm³/mol. The Morgan fingerprint density at radius 1 is 1.55 bits per heavy atom. The van der Waals surface area contributed by atoms with Gasteiger partial charge in [-0.3, -0.25) is 10.1 Å². The minimum atomic E-state index is -4.33. The molecule has 0 aliphatic rings. The molecule has 0 saturated carbocycles. The fraction of sp³-hybridized carbons (Fsp3) is 0.364. The maximum atomic E-state index is 13.5. The molecule has 1 aromatic rings. The molecule has 20 heavy (non-hydrogen) atoms. The largest absolute Gasteiger partial charge is 0.270 e. The van der Waals surface area contributed by atoms with Crippen molar-refractivity contribution >= 4 is 15.7 Å². The van der Waals surface area contributed by atoms with Crippen molar-refractivity contribution in [2.24, 2.45) is 0 Å². The monoisotopic (exact) mass is 301 g/mol. The van der Waals surface area contributed by atoms with Crippen LogP contribution in [0.3, 0.4) is 0 Å². The van der Waals surface area contributed by atoms with Crippen LogP contribution in [0.25, 0.3) is 0 Å². The highest BCUT2D eigenvalue weighted by Crippen LogP contribution is 2.21. The van der Waals surface area contributed by atoms with Gasteiger partial charge in [-0.1, -0.05) is 13.3 Å². The number of non-ortho nitro benzene ring substituents is 1. The van der Waals surface area contributed by atoms with E-state index in [1.165, 1.54) is 0 Å². The van der Waals surface area contributed by atoms with E-state index < -0.39 is 37.4 Å². The molecule has 108 valence electrons. The van der Waals surface area contributed by atoms with E-state index in [0.717, 1.165) is 6.07 Å². The molecule has 9 heteroatoms. The summed E-state index contributed by atoms with van der Waals surface area (Å²) in [5, 5.41) is 19.4. The Bertz CT molecular complexity index is 654. The zero-order valence-corrected chi connectivity index (χ0v) is 11.4. The van der Waals surface area contributed by atoms with Crippen LogP contribution in [0.5, 0.6) is 0 Å². The number of nitrogens with one attached hydrogen (secondary N) is 1. The highest BCUT2D eigenvalue weighted by molar-refractivity contribution is 7.89. The number of nitro groups is 1. The van der Waals surface area contributed by atoms with Gasteiger partial charge in [0.1, 0.15) is 16.8 Å². The number of nitrogens with zero attached hydrogens (tertiary/aromatic N) is 2. The van der Waals surface area contributed by atoms with Crippen molar-refractivity contribution in [2.75, 3.05) is 0 Å². The minimum absolute atomic E-state index is 0.256. The summed E-state index contributed by atoms with van der Waals surface area (Å²) in [6.45, 7) is 1.76. The van der Waals surface area contributed by atoms with Crippen LogP contribution in [0.15, 0.2) is 23.1 Å². The van der Waals surface area contributed by atoms with E-state index in [9.17, 15) is 22.9 Å². The molecular weight excluding hydrogens is 289 g/mol. The number of rotatable bonds is 6. The number of benzene rings is 1. The molecule has 0 aliphatic heterocycles. The van der Waals surface area contributed by atoms with Gasteiger partial charge in [-0.15, -0.1) is 0 Å². The number of hydrogen-bond acceptors (Lipinski definition) is 5. The van der Waals surface area contributed by atoms with Gasteiger partial charge in [-0.2, -0.15) is 9.98 Å². The van der Waals surface area contributed by atoms with Gasteiger partial charge in [-0.25, -0.2) is 12.8 Å². The molecule has 0 radical (unpaired) electrons. The van der Waals surface area contributed by atoms with Crippen LogP contribution in [0.1, 0.15) is 19.8 Å². The zero-order valence-electron chi connectivity index (χ0n) is 10.5. The van der Waals surface area contributed by atoms with Crippen molar-refractivity contribution in [1.29, 1.82) is 5.26 Å². The summed E-state index contributed by atoms with van der Waals surface area (Å²) in [6.07, 6.45) is 0.810. The second-order valence-electron chi connectivity index (χ2n) is 3.96. The molecule has 0 fully saturated rings. The number of sulfonamides is 1. The molecule has 0 aromatic heterocycles. The molecule has 1 atom stereocenters. The van der Waals surface area contributed by atoms with Crippen molar-refractivity contribution < 1.29 is 17.7 Å². The van der Waals surface area contributed by atoms with E-state index in [1.807, 2.05) is 4.72 Å². The fourth-order valence-electron chi connectivity index (χ4n) is 1.50. The summed E-state index contributed by atoms with van der Waals surface area (Å²) in [5.74, 6) is -1.11. The smallest absolute Gasteiger partial charge is 0.258 e. The number of halogens is 1. The zero-order chi connectivity index (χ0) is 15.3. The quantitative estimate of drug-likeness (QED) is 0.634. The molecule has 0 bridgehead atoms. The lowest BCUT2D eigenvalue weighted by molar-refractivity contribution is -0.385. The van der Waals surface area contributed by atoms with Crippen LogP contribution in [-0.4, -0.2) is 19.4 Å². The summed E-state index contributed by atoms with van der Waals surface area (Å²) >= 11 is 0. The first kappa shape index (κ1) is 16.0. The van der Waals surface area contributed by atoms with Crippen molar-refractivity contribution in [3.8, 4) is 6.07 Å². The molecule has 1 aromatic carbocycles. The van der Waals surface area contributed by atoms with Gasteiger partial charge >= 0.3 is 0 Å². The normalized spacial score (nSPS) is 12.7. The Hall–Kier alpha value is -2.05. The van der Waals surface area contributed by atoms with E-state index in [0.29, 0.717) is 18.6 Å². The molecule has 7 nitrogen and oxygen atoms in total. The lowest BCUT2D eigenvalue weighted by Gasteiger charge is -2.11. The van der Waals surface area contributed by atoms with Crippen molar-refractivity contribution in [1.82, 2.24) is 4.72 Å². The molecule has 0 heterocycles. The van der Waals surface area contributed by atoms with Crippen molar-refractivity contribution in [3.63, 3.8) is 0 Å². The SMILES string of the molecule is CCCC(C#N)NS(=O)(=O)c1cc([N+](=O)[O-])ccc1F. The molecule has 1 rings (SSSR count). The van der Waals surface area contributed by atoms with E-state index in [-0.39, 0.29) is 6.42 Å². The third-order valence-electron chi connectivity index (χ3n) is 2.45. The van der Waals surface area contributed by atoms with E-state index in [1.54, 1.807) is 13.0 Å². The number of hydrogen-bond donors (Lipinski definition) is 1. The Morgan fingerprint density at radius 3 is 2.70 bits per heavy atom. The second-order valence-corrected chi connectivity index (χ2v) is 5.65. The van der Waals surface area contributed by atoms with Crippen LogP contribution in [0.4, 0.5) is 10.1 Å². The third-order valence-corrected chi connectivity index (χ3v) is 3.93. The first-order valence-corrected chi connectivity index (χ1v) is 7.16. The fourth-order valence-corrected chi connectivity index (χ4v) is 2.77. The summed E-state index contributed by atoms with van der Waals surface area (Å²) in [7, 11) is -4.33. The first-order valence-electron chi connectivity index (χ1n) is 5.67. The van der Waals surface area contributed by atoms with Gasteiger partial charge in [0.25, 0.3) is 5.69 Å². The van der Waals surface area contributed by atoms with Crippen LogP contribution >= 0.6 is 0 Å². The molecule has 1 unspecified atom stereocenters. The van der Waals surface area contributed by atoms with Crippen LogP contribution in [-0.2, 0) is 10.0 Å². The second kappa shape index (κ2) is 6.40. The Labute approximate surface area is 115 Å². The van der Waals surface area contributed by atoms with Gasteiger partial charge in [-0.05, 0) is 12.5 Å². The van der Waals surface area contributed by atoms with Gasteiger partial charge < -0.3 is 0 Å². The Balaban J connectivity index is 3.18. The van der Waals surface area contributed by atoms with Crippen LogP contribution < -0.4 is 4.72 Å². The predicted octanol–water partition coefficient (Wildman–Crippen LogP) is 1.70. The Kier molecular flexibility index (Phi) is 5.12. The maximum absolute atomic E-state index is 13.5. The van der Waals surface area contributed by atoms with E-state index in [2.05, 4.69) is 0 Å². The topological polar surface area (TPSA) is 113 Å². The summed E-state index contributed by atoms with van der Waals surface area (Å²) < 4.78 is 39.5. The summed E-state index contributed by atoms with van der Waals surface area (Å²) in [4.78, 5) is 8.92. The highest BCUT2D eigenvalue weighted by Gasteiger charge is 2.25. The summed E-state index contributed by atoms with van der Waals surface area (Å²) in [6, 6.07) is 2.92. The van der Waals surface area contributed by atoms with Gasteiger partial charge in [0.2, 0.25) is 10.0 Å². The molecule has 1 N–H and O–H groups in total. The lowest BCUT2D eigenvalue weighted by atomic mass is 10.2. The van der Waals surface area contributed by atoms with Crippen LogP contribution in [0.2, 0.25) is 0 Å². The molecular formula is C11H12FN3O4S. The maximum Gasteiger partial charge on any atom is 0.270 e. The lowest BCUT2D eigenvalue weighted by Crippen LogP contribution is -2.34. The molecule has 0 aliphatic carbocycles. The van der Waals surface area contributed by atoms with Crippen molar-refractivity contribution in [3.05, 3.63) is 34.1 Å². The average Bonchev–Trinajstić information content (AvgIpc) is 2.37. The number of nitro benzene ring substituents is 1. The standard InChI is InChI=1S/C11H12FN3O4S/c1-2-3-8(7-13)14-20(18,19)11-6-9(15(16)17)4-5-10(11)12/h4-6,8,14H,2-3H2,1H3. The minimum Gasteiger partial charge on any atom is -0.258 e. The average molecular weight is 301 g/mol. The first-order chi connectivity index (χ1) is 9.31. The van der Waals surface area contributed by atoms with E-state index >= 15 is 0 Å². The van der Waals surface area contributed by atoms with Gasteiger partial charge in [0, 0.05) is 12.1 Å². The molecule has 0 saturated heterocycles. The third kappa shape index (κ3) is 3.72.